The fourth-order valence-electron chi connectivity index (χ4n) is 4.53. The summed E-state index contributed by atoms with van der Waals surface area (Å²) in [5, 5.41) is 7.29. The minimum atomic E-state index is -1.47. The SMILES string of the molecule is Cc1nc(CCc2cnn(Cc3cc(F)c(F)c(F)c3)c2)cc2c1NC(=O)[C@H](C1CC1)N2C. The van der Waals surface area contributed by atoms with Crippen LogP contribution in [-0.4, -0.2) is 33.8 Å². The van der Waals surface area contributed by atoms with E-state index < -0.39 is 17.5 Å². The van der Waals surface area contributed by atoms with Crippen molar-refractivity contribution in [1.82, 2.24) is 14.8 Å². The molecule has 1 fully saturated rings. The number of anilines is 2. The van der Waals surface area contributed by atoms with E-state index in [0.717, 1.165) is 53.3 Å². The van der Waals surface area contributed by atoms with E-state index in [1.54, 1.807) is 17.1 Å². The lowest BCUT2D eigenvalue weighted by Gasteiger charge is -2.36. The Balaban J connectivity index is 1.28. The minimum Gasteiger partial charge on any atom is -0.361 e. The zero-order valence-corrected chi connectivity index (χ0v) is 18.4. The van der Waals surface area contributed by atoms with Gasteiger partial charge in [-0.3, -0.25) is 14.5 Å². The Hall–Kier alpha value is -3.36. The lowest BCUT2D eigenvalue weighted by atomic mass is 10.0. The molecule has 0 bridgehead atoms. The maximum Gasteiger partial charge on any atom is 0.247 e. The zero-order chi connectivity index (χ0) is 23.3. The van der Waals surface area contributed by atoms with E-state index in [2.05, 4.69) is 20.3 Å². The molecule has 1 amide bonds. The number of carbonyl (C=O) groups is 1. The van der Waals surface area contributed by atoms with Crippen LogP contribution in [0.15, 0.2) is 30.6 Å². The third-order valence-corrected chi connectivity index (χ3v) is 6.36. The van der Waals surface area contributed by atoms with Crippen LogP contribution in [0, 0.1) is 30.3 Å². The van der Waals surface area contributed by atoms with E-state index in [1.165, 1.54) is 0 Å². The van der Waals surface area contributed by atoms with Crippen LogP contribution in [0.5, 0.6) is 0 Å². The van der Waals surface area contributed by atoms with Crippen LogP contribution >= 0.6 is 0 Å². The molecule has 5 rings (SSSR count). The van der Waals surface area contributed by atoms with Crippen molar-refractivity contribution >= 4 is 17.3 Å². The number of pyridine rings is 1. The monoisotopic (exact) mass is 455 g/mol. The third kappa shape index (κ3) is 4.19. The van der Waals surface area contributed by atoms with Gasteiger partial charge in [-0.1, -0.05) is 0 Å². The van der Waals surface area contributed by atoms with Crippen molar-refractivity contribution in [2.45, 2.75) is 45.2 Å². The summed E-state index contributed by atoms with van der Waals surface area (Å²) in [7, 11) is 1.97. The fraction of sp³-hybridized carbons (Fsp3) is 0.375. The van der Waals surface area contributed by atoms with Gasteiger partial charge in [0.25, 0.3) is 0 Å². The van der Waals surface area contributed by atoms with Gasteiger partial charge in [0.05, 0.1) is 29.8 Å². The van der Waals surface area contributed by atoms with Gasteiger partial charge in [0.15, 0.2) is 17.5 Å². The van der Waals surface area contributed by atoms with Gasteiger partial charge in [-0.15, -0.1) is 0 Å². The Labute approximate surface area is 189 Å². The van der Waals surface area contributed by atoms with Crippen molar-refractivity contribution in [3.05, 3.63) is 70.6 Å². The molecule has 0 radical (unpaired) electrons. The number of rotatable bonds is 6. The largest absolute Gasteiger partial charge is 0.361 e. The highest BCUT2D eigenvalue weighted by atomic mass is 19.2. The van der Waals surface area contributed by atoms with Crippen molar-refractivity contribution in [2.75, 3.05) is 17.3 Å². The highest BCUT2D eigenvalue weighted by molar-refractivity contribution is 6.04. The standard InChI is InChI=1S/C24H24F3N5O/c1-13-22-20(31(2)23(16-4-5-16)24(33)30-22)9-17(29-13)6-3-14-10-28-32(11-14)12-15-7-18(25)21(27)19(26)8-15/h7-11,16,23H,3-6,12H2,1-2H3,(H,30,33)/t23-/m0/s1. The molecule has 3 heterocycles. The number of hydrogen-bond acceptors (Lipinski definition) is 4. The Morgan fingerprint density at radius 3 is 2.52 bits per heavy atom. The van der Waals surface area contributed by atoms with Crippen LogP contribution in [-0.2, 0) is 24.2 Å². The maximum atomic E-state index is 13.5. The first kappa shape index (κ1) is 21.5. The Morgan fingerprint density at radius 2 is 1.82 bits per heavy atom. The van der Waals surface area contributed by atoms with E-state index in [9.17, 15) is 18.0 Å². The number of likely N-dealkylation sites (N-methyl/N-ethyl adjacent to an activating group) is 1. The third-order valence-electron chi connectivity index (χ3n) is 6.36. The number of benzene rings is 1. The Bertz CT molecular complexity index is 1210. The summed E-state index contributed by atoms with van der Waals surface area (Å²) in [6.07, 6.45) is 7.03. The fourth-order valence-corrected chi connectivity index (χ4v) is 4.53. The minimum absolute atomic E-state index is 0.0403. The highest BCUT2D eigenvalue weighted by Gasteiger charge is 2.42. The van der Waals surface area contributed by atoms with E-state index >= 15 is 0 Å². The highest BCUT2D eigenvalue weighted by Crippen LogP contribution is 2.42. The molecule has 172 valence electrons. The number of nitrogens with zero attached hydrogens (tertiary/aromatic N) is 4. The smallest absolute Gasteiger partial charge is 0.247 e. The first-order chi connectivity index (χ1) is 15.8. The van der Waals surface area contributed by atoms with Gasteiger partial charge in [0, 0.05) is 18.9 Å². The number of carbonyl (C=O) groups excluding carboxylic acids is 1. The molecule has 33 heavy (non-hydrogen) atoms. The molecule has 6 nitrogen and oxygen atoms in total. The molecular formula is C24H24F3N5O. The normalized spacial score (nSPS) is 17.8. The number of fused-ring (bicyclic) bond motifs is 1. The van der Waals surface area contributed by atoms with Crippen molar-refractivity contribution in [3.63, 3.8) is 0 Å². The molecule has 3 aromatic rings. The van der Waals surface area contributed by atoms with Gasteiger partial charge < -0.3 is 10.2 Å². The predicted molar refractivity (Wildman–Crippen MR) is 118 cm³/mol. The maximum absolute atomic E-state index is 13.5. The molecule has 0 spiro atoms. The van der Waals surface area contributed by atoms with E-state index in [4.69, 9.17) is 0 Å². The van der Waals surface area contributed by atoms with Crippen molar-refractivity contribution in [3.8, 4) is 0 Å². The number of nitrogens with one attached hydrogen (secondary N) is 1. The van der Waals surface area contributed by atoms with Crippen LogP contribution in [0.3, 0.4) is 0 Å². The first-order valence-corrected chi connectivity index (χ1v) is 11.0. The summed E-state index contributed by atoms with van der Waals surface area (Å²) in [5.41, 5.74) is 4.71. The summed E-state index contributed by atoms with van der Waals surface area (Å²) in [5.74, 6) is -3.44. The molecule has 1 aromatic carbocycles. The van der Waals surface area contributed by atoms with Crippen LogP contribution < -0.4 is 10.2 Å². The van der Waals surface area contributed by atoms with Crippen LogP contribution in [0.4, 0.5) is 24.5 Å². The van der Waals surface area contributed by atoms with Gasteiger partial charge >= 0.3 is 0 Å². The molecule has 1 aliphatic heterocycles. The second kappa shape index (κ2) is 8.20. The van der Waals surface area contributed by atoms with Gasteiger partial charge in [0.1, 0.15) is 6.04 Å². The summed E-state index contributed by atoms with van der Waals surface area (Å²) in [4.78, 5) is 19.3. The van der Waals surface area contributed by atoms with Crippen LogP contribution in [0.2, 0.25) is 0 Å². The van der Waals surface area contributed by atoms with E-state index in [0.29, 0.717) is 24.3 Å². The molecule has 9 heteroatoms. The number of hydrogen-bond donors (Lipinski definition) is 1. The number of aromatic nitrogens is 3. The Kier molecular flexibility index (Phi) is 5.34. The van der Waals surface area contributed by atoms with Crippen LogP contribution in [0.1, 0.15) is 35.4 Å². The van der Waals surface area contributed by atoms with Crippen molar-refractivity contribution in [2.24, 2.45) is 5.92 Å². The van der Waals surface area contributed by atoms with Gasteiger partial charge in [-0.05, 0) is 67.9 Å². The summed E-state index contributed by atoms with van der Waals surface area (Å²) in [6, 6.07) is 3.85. The molecular weight excluding hydrogens is 431 g/mol. The molecule has 1 saturated carbocycles. The lowest BCUT2D eigenvalue weighted by molar-refractivity contribution is -0.118. The van der Waals surface area contributed by atoms with E-state index in [1.807, 2.05) is 20.0 Å². The molecule has 0 unspecified atom stereocenters. The first-order valence-electron chi connectivity index (χ1n) is 11.0. The van der Waals surface area contributed by atoms with Crippen molar-refractivity contribution in [1.29, 1.82) is 0 Å². The molecule has 1 N–H and O–H groups in total. The van der Waals surface area contributed by atoms with Crippen molar-refractivity contribution < 1.29 is 18.0 Å². The number of halogens is 3. The molecule has 1 atom stereocenters. The van der Waals surface area contributed by atoms with Gasteiger partial charge in [0.2, 0.25) is 5.91 Å². The average molecular weight is 455 g/mol. The number of amides is 1. The molecule has 2 aromatic heterocycles. The second-order valence-electron chi connectivity index (χ2n) is 8.90. The van der Waals surface area contributed by atoms with Gasteiger partial charge in [-0.2, -0.15) is 5.10 Å². The zero-order valence-electron chi connectivity index (χ0n) is 18.4. The molecule has 1 aliphatic carbocycles. The van der Waals surface area contributed by atoms with Crippen LogP contribution in [0.25, 0.3) is 0 Å². The lowest BCUT2D eigenvalue weighted by Crippen LogP contribution is -2.47. The molecule has 2 aliphatic rings. The van der Waals surface area contributed by atoms with E-state index in [-0.39, 0.29) is 18.5 Å². The summed E-state index contributed by atoms with van der Waals surface area (Å²) < 4.78 is 41.6. The second-order valence-corrected chi connectivity index (χ2v) is 8.90. The summed E-state index contributed by atoms with van der Waals surface area (Å²) >= 11 is 0. The quantitative estimate of drug-likeness (QED) is 0.571. The number of aryl methyl sites for hydroxylation is 3. The summed E-state index contributed by atoms with van der Waals surface area (Å²) in [6.45, 7) is 2.03. The van der Waals surface area contributed by atoms with Gasteiger partial charge in [-0.25, -0.2) is 13.2 Å². The topological polar surface area (TPSA) is 63.1 Å². The average Bonchev–Trinajstić information content (AvgIpc) is 3.50. The Morgan fingerprint density at radius 1 is 1.09 bits per heavy atom. The molecule has 0 saturated heterocycles. The predicted octanol–water partition coefficient (Wildman–Crippen LogP) is 4.00.